The molecule has 1 heterocycles. The standard InChI is InChI=1S/C24H21N3O7/c1-32-18-8-3-15(4-9-18)23(16-5-10-19(33-2)11-6-16)25-22(28)14-26-20-12-7-17(27(30)31)13-21(20)34-24(26)29/h3-13,23H,14H2,1-2H3,(H,25,28). The van der Waals surface area contributed by atoms with Crippen molar-refractivity contribution >= 4 is 22.7 Å². The number of aromatic nitrogens is 1. The summed E-state index contributed by atoms with van der Waals surface area (Å²) < 4.78 is 16.7. The van der Waals surface area contributed by atoms with Crippen LogP contribution in [0.5, 0.6) is 11.5 Å². The SMILES string of the molecule is COc1ccc(C(NC(=O)Cn2c(=O)oc3cc([N+](=O)[O-])ccc32)c2ccc(OC)cc2)cc1. The third-order valence-corrected chi connectivity index (χ3v) is 5.37. The van der Waals surface area contributed by atoms with E-state index in [4.69, 9.17) is 13.9 Å². The highest BCUT2D eigenvalue weighted by molar-refractivity contribution is 5.81. The summed E-state index contributed by atoms with van der Waals surface area (Å²) >= 11 is 0. The first-order chi connectivity index (χ1) is 16.4. The molecule has 4 rings (SSSR count). The van der Waals surface area contributed by atoms with Gasteiger partial charge in [0.15, 0.2) is 5.58 Å². The van der Waals surface area contributed by atoms with E-state index in [2.05, 4.69) is 5.32 Å². The fourth-order valence-corrected chi connectivity index (χ4v) is 3.62. The number of amides is 1. The lowest BCUT2D eigenvalue weighted by atomic mass is 9.98. The molecule has 0 unspecified atom stereocenters. The summed E-state index contributed by atoms with van der Waals surface area (Å²) in [5, 5.41) is 13.9. The Kier molecular flexibility index (Phi) is 6.30. The zero-order valence-corrected chi connectivity index (χ0v) is 18.4. The van der Waals surface area contributed by atoms with Crippen LogP contribution in [0.3, 0.4) is 0 Å². The highest BCUT2D eigenvalue weighted by Crippen LogP contribution is 2.26. The Labute approximate surface area is 193 Å². The largest absolute Gasteiger partial charge is 0.497 e. The molecule has 0 aliphatic carbocycles. The summed E-state index contributed by atoms with van der Waals surface area (Å²) in [5.41, 5.74) is 1.72. The molecule has 0 saturated carbocycles. The molecule has 0 saturated heterocycles. The number of hydrogen-bond acceptors (Lipinski definition) is 7. The number of benzene rings is 3. The van der Waals surface area contributed by atoms with Crippen molar-refractivity contribution in [1.82, 2.24) is 9.88 Å². The summed E-state index contributed by atoms with van der Waals surface area (Å²) in [6.07, 6.45) is 0. The Bertz CT molecular complexity index is 1340. The van der Waals surface area contributed by atoms with Gasteiger partial charge < -0.3 is 19.2 Å². The van der Waals surface area contributed by atoms with Gasteiger partial charge in [0.2, 0.25) is 5.91 Å². The molecule has 10 nitrogen and oxygen atoms in total. The highest BCUT2D eigenvalue weighted by atomic mass is 16.6. The predicted octanol–water partition coefficient (Wildman–Crippen LogP) is 3.43. The van der Waals surface area contributed by atoms with Crippen LogP contribution in [0.1, 0.15) is 17.2 Å². The van der Waals surface area contributed by atoms with Crippen molar-refractivity contribution in [1.29, 1.82) is 0 Å². The number of ether oxygens (including phenoxy) is 2. The van der Waals surface area contributed by atoms with E-state index in [0.717, 1.165) is 21.8 Å². The van der Waals surface area contributed by atoms with Gasteiger partial charge in [0, 0.05) is 6.07 Å². The molecule has 0 fully saturated rings. The quantitative estimate of drug-likeness (QED) is 0.313. The second-order valence-corrected chi connectivity index (χ2v) is 7.41. The first-order valence-corrected chi connectivity index (χ1v) is 10.2. The zero-order valence-electron chi connectivity index (χ0n) is 18.4. The van der Waals surface area contributed by atoms with Crippen molar-refractivity contribution < 1.29 is 23.6 Å². The number of non-ortho nitro benzene ring substituents is 1. The van der Waals surface area contributed by atoms with Crippen LogP contribution in [0.2, 0.25) is 0 Å². The highest BCUT2D eigenvalue weighted by Gasteiger charge is 2.20. The fourth-order valence-electron chi connectivity index (χ4n) is 3.62. The third kappa shape index (κ3) is 4.60. The zero-order chi connectivity index (χ0) is 24.2. The Morgan fingerprint density at radius 2 is 1.56 bits per heavy atom. The Morgan fingerprint density at radius 1 is 1.00 bits per heavy atom. The van der Waals surface area contributed by atoms with Gasteiger partial charge in [-0.25, -0.2) is 4.79 Å². The number of fused-ring (bicyclic) bond motifs is 1. The number of nitro benzene ring substituents is 1. The molecular formula is C24H21N3O7. The Balaban J connectivity index is 1.63. The van der Waals surface area contributed by atoms with Crippen LogP contribution in [0.25, 0.3) is 11.1 Å². The molecule has 10 heteroatoms. The second kappa shape index (κ2) is 9.49. The first kappa shape index (κ1) is 22.6. The average Bonchev–Trinajstić information content (AvgIpc) is 3.16. The maximum Gasteiger partial charge on any atom is 0.420 e. The number of hydrogen-bond donors (Lipinski definition) is 1. The second-order valence-electron chi connectivity index (χ2n) is 7.41. The van der Waals surface area contributed by atoms with Crippen molar-refractivity contribution in [2.45, 2.75) is 12.6 Å². The topological polar surface area (TPSA) is 126 Å². The van der Waals surface area contributed by atoms with Gasteiger partial charge in [0.05, 0.1) is 36.8 Å². The summed E-state index contributed by atoms with van der Waals surface area (Å²) in [5.74, 6) is 0.124. The lowest BCUT2D eigenvalue weighted by Crippen LogP contribution is -2.34. The number of nitrogens with zero attached hydrogens (tertiary/aromatic N) is 2. The molecule has 0 aliphatic heterocycles. The van der Waals surface area contributed by atoms with E-state index < -0.39 is 22.6 Å². The number of methoxy groups -OCH3 is 2. The number of oxazole rings is 1. The molecular weight excluding hydrogens is 442 g/mol. The average molecular weight is 463 g/mol. The molecule has 0 radical (unpaired) electrons. The van der Waals surface area contributed by atoms with Crippen LogP contribution >= 0.6 is 0 Å². The van der Waals surface area contributed by atoms with Crippen molar-refractivity contribution in [3.05, 3.63) is 98.5 Å². The summed E-state index contributed by atoms with van der Waals surface area (Å²) in [6, 6.07) is 17.8. The molecule has 0 spiro atoms. The van der Waals surface area contributed by atoms with E-state index in [1.807, 2.05) is 24.3 Å². The Morgan fingerprint density at radius 3 is 2.06 bits per heavy atom. The molecule has 0 bridgehead atoms. The molecule has 1 amide bonds. The van der Waals surface area contributed by atoms with Gasteiger partial charge >= 0.3 is 5.76 Å². The molecule has 1 aromatic heterocycles. The van der Waals surface area contributed by atoms with Crippen LogP contribution in [0, 0.1) is 10.1 Å². The fraction of sp³-hybridized carbons (Fsp3) is 0.167. The lowest BCUT2D eigenvalue weighted by molar-refractivity contribution is -0.384. The van der Waals surface area contributed by atoms with Gasteiger partial charge in [0.1, 0.15) is 18.0 Å². The van der Waals surface area contributed by atoms with Crippen molar-refractivity contribution in [3.8, 4) is 11.5 Å². The minimum absolute atomic E-state index is 0.0360. The molecule has 4 aromatic rings. The maximum absolute atomic E-state index is 13.0. The number of carbonyl (C=O) groups excluding carboxylic acids is 1. The van der Waals surface area contributed by atoms with E-state index >= 15 is 0 Å². The van der Waals surface area contributed by atoms with Crippen LogP contribution in [0.4, 0.5) is 5.69 Å². The van der Waals surface area contributed by atoms with Crippen LogP contribution in [-0.2, 0) is 11.3 Å². The van der Waals surface area contributed by atoms with Gasteiger partial charge in [-0.15, -0.1) is 0 Å². The van der Waals surface area contributed by atoms with Crippen molar-refractivity contribution in [2.75, 3.05) is 14.2 Å². The molecule has 174 valence electrons. The monoisotopic (exact) mass is 463 g/mol. The van der Waals surface area contributed by atoms with E-state index in [-0.39, 0.29) is 23.3 Å². The van der Waals surface area contributed by atoms with Gasteiger partial charge in [-0.05, 0) is 41.5 Å². The van der Waals surface area contributed by atoms with E-state index in [1.165, 1.54) is 12.1 Å². The smallest absolute Gasteiger partial charge is 0.420 e. The number of carbonyl (C=O) groups is 1. The van der Waals surface area contributed by atoms with Crippen LogP contribution in [0.15, 0.2) is 75.9 Å². The van der Waals surface area contributed by atoms with Crippen LogP contribution in [-0.4, -0.2) is 29.6 Å². The van der Waals surface area contributed by atoms with Gasteiger partial charge in [-0.3, -0.25) is 19.5 Å². The van der Waals surface area contributed by atoms with E-state index in [0.29, 0.717) is 11.5 Å². The van der Waals surface area contributed by atoms with Crippen molar-refractivity contribution in [3.63, 3.8) is 0 Å². The third-order valence-electron chi connectivity index (χ3n) is 5.37. The molecule has 0 aliphatic rings. The minimum Gasteiger partial charge on any atom is -0.497 e. The number of rotatable bonds is 8. The summed E-state index contributed by atoms with van der Waals surface area (Å²) in [6.45, 7) is -0.327. The minimum atomic E-state index is -0.781. The predicted molar refractivity (Wildman–Crippen MR) is 123 cm³/mol. The summed E-state index contributed by atoms with van der Waals surface area (Å²) in [4.78, 5) is 35.8. The van der Waals surface area contributed by atoms with E-state index in [9.17, 15) is 19.7 Å². The van der Waals surface area contributed by atoms with Gasteiger partial charge in [0.25, 0.3) is 5.69 Å². The maximum atomic E-state index is 13.0. The normalized spacial score (nSPS) is 10.9. The number of nitrogens with one attached hydrogen (secondary N) is 1. The summed E-state index contributed by atoms with van der Waals surface area (Å²) in [7, 11) is 3.14. The van der Waals surface area contributed by atoms with E-state index in [1.54, 1.807) is 38.5 Å². The van der Waals surface area contributed by atoms with Crippen molar-refractivity contribution in [2.24, 2.45) is 0 Å². The van der Waals surface area contributed by atoms with Gasteiger partial charge in [-0.1, -0.05) is 24.3 Å². The first-order valence-electron chi connectivity index (χ1n) is 10.2. The van der Waals surface area contributed by atoms with Crippen LogP contribution < -0.4 is 20.5 Å². The lowest BCUT2D eigenvalue weighted by Gasteiger charge is -2.20. The van der Waals surface area contributed by atoms with Gasteiger partial charge in [-0.2, -0.15) is 0 Å². The molecule has 1 N–H and O–H groups in total. The Hall–Kier alpha value is -4.60. The number of nitro groups is 1. The molecule has 34 heavy (non-hydrogen) atoms. The molecule has 0 atom stereocenters. The molecule has 3 aromatic carbocycles.